The van der Waals surface area contributed by atoms with Gasteiger partial charge in [-0.2, -0.15) is 5.10 Å². The van der Waals surface area contributed by atoms with E-state index in [1.165, 1.54) is 0 Å². The number of nitrogens with one attached hydrogen (secondary N) is 2. The van der Waals surface area contributed by atoms with Crippen molar-refractivity contribution >= 4 is 17.7 Å². The molecule has 0 saturated heterocycles. The second kappa shape index (κ2) is 6.60. The van der Waals surface area contributed by atoms with Crippen molar-refractivity contribution in [3.05, 3.63) is 11.9 Å². The molecule has 0 aromatic carbocycles. The number of urea groups is 1. The highest BCUT2D eigenvalue weighted by Crippen LogP contribution is 2.10. The number of anilines is 1. The topological polar surface area (TPSA) is 105 Å². The lowest BCUT2D eigenvalue weighted by atomic mass is 10.4. The summed E-state index contributed by atoms with van der Waals surface area (Å²) in [5.74, 6) is -1.04. The van der Waals surface area contributed by atoms with Gasteiger partial charge in [-0.15, -0.1) is 0 Å². The Morgan fingerprint density at radius 1 is 1.56 bits per heavy atom. The standard InChI is InChI=1S/C10H16N4O4/c1-7-8(5-14(2)13-7)12-10(17)11-3-4-18-6-9(15)16/h5H,3-4,6H2,1-2H3,(H,15,16)(H2,11,12,17). The fraction of sp³-hybridized carbons (Fsp3) is 0.500. The zero-order valence-electron chi connectivity index (χ0n) is 10.3. The summed E-state index contributed by atoms with van der Waals surface area (Å²) in [5, 5.41) is 17.6. The van der Waals surface area contributed by atoms with Gasteiger partial charge in [0.2, 0.25) is 0 Å². The van der Waals surface area contributed by atoms with Crippen LogP contribution in [0.25, 0.3) is 0 Å². The molecule has 3 N–H and O–H groups in total. The SMILES string of the molecule is Cc1nn(C)cc1NC(=O)NCCOCC(=O)O. The maximum atomic E-state index is 11.4. The number of aromatic nitrogens is 2. The first-order chi connectivity index (χ1) is 8.49. The number of hydrogen-bond donors (Lipinski definition) is 3. The average Bonchev–Trinajstić information content (AvgIpc) is 2.56. The van der Waals surface area contributed by atoms with Gasteiger partial charge in [0.1, 0.15) is 6.61 Å². The molecule has 8 nitrogen and oxygen atoms in total. The summed E-state index contributed by atoms with van der Waals surface area (Å²) in [6.45, 7) is 1.79. The molecular weight excluding hydrogens is 240 g/mol. The van der Waals surface area contributed by atoms with Crippen molar-refractivity contribution in [2.45, 2.75) is 6.92 Å². The van der Waals surface area contributed by atoms with Crippen LogP contribution >= 0.6 is 0 Å². The normalized spacial score (nSPS) is 10.1. The minimum absolute atomic E-state index is 0.145. The van der Waals surface area contributed by atoms with Crippen LogP contribution in [0.3, 0.4) is 0 Å². The molecule has 0 aliphatic carbocycles. The number of hydrogen-bond acceptors (Lipinski definition) is 4. The number of aryl methyl sites for hydroxylation is 2. The summed E-state index contributed by atoms with van der Waals surface area (Å²) in [6, 6.07) is -0.384. The fourth-order valence-corrected chi connectivity index (χ4v) is 1.29. The van der Waals surface area contributed by atoms with Gasteiger partial charge >= 0.3 is 12.0 Å². The van der Waals surface area contributed by atoms with Gasteiger partial charge in [-0.05, 0) is 6.92 Å². The molecule has 1 aromatic rings. The van der Waals surface area contributed by atoms with Crippen LogP contribution in [0.5, 0.6) is 0 Å². The van der Waals surface area contributed by atoms with Crippen molar-refractivity contribution in [1.29, 1.82) is 0 Å². The molecule has 0 unspecified atom stereocenters. The molecule has 0 radical (unpaired) electrons. The molecule has 0 saturated carbocycles. The lowest BCUT2D eigenvalue weighted by Crippen LogP contribution is -2.32. The summed E-state index contributed by atoms with van der Waals surface area (Å²) < 4.78 is 6.36. The fourth-order valence-electron chi connectivity index (χ4n) is 1.29. The third-order valence-corrected chi connectivity index (χ3v) is 2.02. The van der Waals surface area contributed by atoms with Crippen LogP contribution in [-0.2, 0) is 16.6 Å². The summed E-state index contributed by atoms with van der Waals surface area (Å²) in [6.07, 6.45) is 1.69. The lowest BCUT2D eigenvalue weighted by molar-refractivity contribution is -0.142. The second-order valence-electron chi connectivity index (χ2n) is 3.63. The molecule has 2 amide bonds. The molecule has 0 bridgehead atoms. The van der Waals surface area contributed by atoms with Crippen molar-refractivity contribution in [3.8, 4) is 0 Å². The van der Waals surface area contributed by atoms with Gasteiger partial charge in [-0.3, -0.25) is 4.68 Å². The van der Waals surface area contributed by atoms with E-state index in [9.17, 15) is 9.59 Å². The third-order valence-electron chi connectivity index (χ3n) is 2.02. The van der Waals surface area contributed by atoms with E-state index in [-0.39, 0.29) is 25.8 Å². The molecule has 18 heavy (non-hydrogen) atoms. The van der Waals surface area contributed by atoms with E-state index in [1.807, 2.05) is 0 Å². The lowest BCUT2D eigenvalue weighted by Gasteiger charge is -2.06. The summed E-state index contributed by atoms with van der Waals surface area (Å²) in [4.78, 5) is 21.6. The molecule has 0 aliphatic heterocycles. The number of nitrogens with zero attached hydrogens (tertiary/aromatic N) is 2. The Kier molecular flexibility index (Phi) is 5.12. The molecule has 0 atom stereocenters. The molecule has 1 heterocycles. The Bertz CT molecular complexity index is 430. The van der Waals surface area contributed by atoms with Crippen molar-refractivity contribution < 1.29 is 19.4 Å². The molecule has 1 rings (SSSR count). The molecule has 1 aromatic heterocycles. The molecule has 0 spiro atoms. The summed E-state index contributed by atoms with van der Waals surface area (Å²) in [7, 11) is 1.76. The van der Waals surface area contributed by atoms with Crippen molar-refractivity contribution in [3.63, 3.8) is 0 Å². The van der Waals surface area contributed by atoms with Crippen molar-refractivity contribution in [1.82, 2.24) is 15.1 Å². The van der Waals surface area contributed by atoms with Crippen LogP contribution in [0, 0.1) is 6.92 Å². The quantitative estimate of drug-likeness (QED) is 0.619. The number of aliphatic carboxylic acids is 1. The molecule has 8 heteroatoms. The maximum absolute atomic E-state index is 11.4. The van der Waals surface area contributed by atoms with E-state index in [0.717, 1.165) is 5.69 Å². The van der Waals surface area contributed by atoms with Crippen LogP contribution in [0.4, 0.5) is 10.5 Å². The number of amides is 2. The van der Waals surface area contributed by atoms with E-state index in [2.05, 4.69) is 15.7 Å². The van der Waals surface area contributed by atoms with E-state index >= 15 is 0 Å². The molecular formula is C10H16N4O4. The van der Waals surface area contributed by atoms with Gasteiger partial charge in [-0.1, -0.05) is 0 Å². The average molecular weight is 256 g/mol. The molecule has 0 aliphatic rings. The van der Waals surface area contributed by atoms with E-state index in [1.54, 1.807) is 24.9 Å². The van der Waals surface area contributed by atoms with Crippen molar-refractivity contribution in [2.75, 3.05) is 25.1 Å². The summed E-state index contributed by atoms with van der Waals surface area (Å²) in [5.41, 5.74) is 1.34. The Morgan fingerprint density at radius 3 is 2.83 bits per heavy atom. The third kappa shape index (κ3) is 4.83. The zero-order chi connectivity index (χ0) is 13.5. The van der Waals surface area contributed by atoms with E-state index in [4.69, 9.17) is 9.84 Å². The highest BCUT2D eigenvalue weighted by molar-refractivity contribution is 5.89. The minimum atomic E-state index is -1.04. The van der Waals surface area contributed by atoms with Crippen LogP contribution in [0.2, 0.25) is 0 Å². The first kappa shape index (κ1) is 14.0. The largest absolute Gasteiger partial charge is 0.480 e. The Balaban J connectivity index is 2.22. The van der Waals surface area contributed by atoms with Crippen molar-refractivity contribution in [2.24, 2.45) is 7.05 Å². The number of rotatable bonds is 6. The van der Waals surface area contributed by atoms with Gasteiger partial charge in [0.05, 0.1) is 18.0 Å². The predicted molar refractivity (Wildman–Crippen MR) is 63.4 cm³/mol. The number of carboxylic acid groups (broad SMARTS) is 1. The van der Waals surface area contributed by atoms with Gasteiger partial charge in [0.25, 0.3) is 0 Å². The zero-order valence-corrected chi connectivity index (χ0v) is 10.3. The number of ether oxygens (including phenoxy) is 1. The first-order valence-electron chi connectivity index (χ1n) is 5.33. The van der Waals surface area contributed by atoms with Gasteiger partial charge in [0, 0.05) is 19.8 Å². The van der Waals surface area contributed by atoms with Crippen LogP contribution < -0.4 is 10.6 Å². The number of carbonyl (C=O) groups excluding carboxylic acids is 1. The Hall–Kier alpha value is -2.09. The Morgan fingerprint density at radius 2 is 2.28 bits per heavy atom. The van der Waals surface area contributed by atoms with Gasteiger partial charge in [0.15, 0.2) is 0 Å². The van der Waals surface area contributed by atoms with E-state index in [0.29, 0.717) is 5.69 Å². The second-order valence-corrected chi connectivity index (χ2v) is 3.63. The maximum Gasteiger partial charge on any atom is 0.329 e. The van der Waals surface area contributed by atoms with Crippen LogP contribution in [0.1, 0.15) is 5.69 Å². The molecule has 100 valence electrons. The Labute approximate surface area is 104 Å². The predicted octanol–water partition coefficient (Wildman–Crippen LogP) is -0.0488. The van der Waals surface area contributed by atoms with E-state index < -0.39 is 5.97 Å². The number of carboxylic acids is 1. The monoisotopic (exact) mass is 256 g/mol. The van der Waals surface area contributed by atoms with Crippen LogP contribution in [-0.4, -0.2) is 46.6 Å². The first-order valence-corrected chi connectivity index (χ1v) is 5.33. The summed E-state index contributed by atoms with van der Waals surface area (Å²) >= 11 is 0. The van der Waals surface area contributed by atoms with Gasteiger partial charge < -0.3 is 20.5 Å². The number of carbonyl (C=O) groups is 2. The minimum Gasteiger partial charge on any atom is -0.480 e. The smallest absolute Gasteiger partial charge is 0.329 e. The highest BCUT2D eigenvalue weighted by atomic mass is 16.5. The highest BCUT2D eigenvalue weighted by Gasteiger charge is 2.06. The van der Waals surface area contributed by atoms with Gasteiger partial charge in [-0.25, -0.2) is 9.59 Å². The van der Waals surface area contributed by atoms with Crippen LogP contribution in [0.15, 0.2) is 6.20 Å². The molecule has 0 fully saturated rings.